The fraction of sp³-hybridized carbons (Fsp3) is 0.286. The monoisotopic (exact) mass is 443 g/mol. The van der Waals surface area contributed by atoms with E-state index in [9.17, 15) is 4.79 Å². The normalized spacial score (nSPS) is 11.9. The van der Waals surface area contributed by atoms with E-state index in [1.165, 1.54) is 4.90 Å². The maximum absolute atomic E-state index is 12.7. The first kappa shape index (κ1) is 20.1. The minimum Gasteiger partial charge on any atom is -0.481 e. The third kappa shape index (κ3) is 4.59. The average molecular weight is 444 g/mol. The molecule has 1 aromatic heterocycles. The molecule has 3 rings (SSSR count). The standard InChI is InChI=1S/C21H22BrN3O3/c1-13-7-5-10-18(14(13)2)27-15(3)21(26)25(4)12-19-23-20(24-28-19)16-8-6-9-17(22)11-16/h5-11,15H,12H2,1-4H3/t15-/m0/s1. The van der Waals surface area contributed by atoms with Crippen molar-refractivity contribution in [2.45, 2.75) is 33.4 Å². The van der Waals surface area contributed by atoms with Crippen LogP contribution in [-0.2, 0) is 11.3 Å². The first-order valence-corrected chi connectivity index (χ1v) is 9.71. The van der Waals surface area contributed by atoms with Crippen LogP contribution in [0.25, 0.3) is 11.4 Å². The number of benzene rings is 2. The number of hydrogen-bond acceptors (Lipinski definition) is 5. The fourth-order valence-electron chi connectivity index (χ4n) is 2.75. The molecule has 3 aromatic rings. The first-order valence-electron chi connectivity index (χ1n) is 8.91. The second kappa shape index (κ2) is 8.56. The molecule has 0 aliphatic carbocycles. The van der Waals surface area contributed by atoms with Crippen molar-refractivity contribution in [2.24, 2.45) is 0 Å². The smallest absolute Gasteiger partial charge is 0.263 e. The van der Waals surface area contributed by atoms with Crippen molar-refractivity contribution in [3.05, 3.63) is 64.0 Å². The van der Waals surface area contributed by atoms with E-state index in [4.69, 9.17) is 9.26 Å². The molecule has 146 valence electrons. The highest BCUT2D eigenvalue weighted by molar-refractivity contribution is 9.10. The number of carbonyl (C=O) groups excluding carboxylic acids is 1. The number of hydrogen-bond donors (Lipinski definition) is 0. The van der Waals surface area contributed by atoms with Crippen LogP contribution in [0.5, 0.6) is 5.75 Å². The van der Waals surface area contributed by atoms with E-state index in [0.717, 1.165) is 21.2 Å². The lowest BCUT2D eigenvalue weighted by molar-refractivity contribution is -0.137. The van der Waals surface area contributed by atoms with Crippen molar-refractivity contribution in [1.82, 2.24) is 15.0 Å². The molecule has 0 bridgehead atoms. The average Bonchev–Trinajstić information content (AvgIpc) is 3.13. The van der Waals surface area contributed by atoms with Crippen molar-refractivity contribution < 1.29 is 14.1 Å². The van der Waals surface area contributed by atoms with Crippen LogP contribution in [0.4, 0.5) is 0 Å². The van der Waals surface area contributed by atoms with Gasteiger partial charge in [-0.2, -0.15) is 4.98 Å². The van der Waals surface area contributed by atoms with Crippen molar-refractivity contribution in [3.63, 3.8) is 0 Å². The zero-order valence-electron chi connectivity index (χ0n) is 16.3. The Morgan fingerprint density at radius 1 is 1.25 bits per heavy atom. The van der Waals surface area contributed by atoms with Crippen molar-refractivity contribution in [3.8, 4) is 17.1 Å². The molecule has 0 aliphatic rings. The number of amides is 1. The zero-order valence-corrected chi connectivity index (χ0v) is 17.9. The van der Waals surface area contributed by atoms with Crippen LogP contribution in [0.2, 0.25) is 0 Å². The highest BCUT2D eigenvalue weighted by Crippen LogP contribution is 2.23. The van der Waals surface area contributed by atoms with Crippen LogP contribution in [0.15, 0.2) is 51.5 Å². The largest absolute Gasteiger partial charge is 0.481 e. The van der Waals surface area contributed by atoms with E-state index in [0.29, 0.717) is 17.5 Å². The van der Waals surface area contributed by atoms with Gasteiger partial charge in [0.15, 0.2) is 6.10 Å². The van der Waals surface area contributed by atoms with Gasteiger partial charge in [0.2, 0.25) is 11.7 Å². The third-order valence-corrected chi connectivity index (χ3v) is 5.00. The number of likely N-dealkylation sites (N-methyl/N-ethyl adjacent to an activating group) is 1. The van der Waals surface area contributed by atoms with Crippen LogP contribution in [0, 0.1) is 13.8 Å². The summed E-state index contributed by atoms with van der Waals surface area (Å²) in [5.74, 6) is 1.40. The van der Waals surface area contributed by atoms with Crippen LogP contribution >= 0.6 is 15.9 Å². The summed E-state index contributed by atoms with van der Waals surface area (Å²) in [5.41, 5.74) is 2.99. The van der Waals surface area contributed by atoms with Crippen molar-refractivity contribution in [1.29, 1.82) is 0 Å². The first-order chi connectivity index (χ1) is 13.3. The SMILES string of the molecule is Cc1cccc(O[C@@H](C)C(=O)N(C)Cc2nc(-c3cccc(Br)c3)no2)c1C. The molecule has 2 aromatic carbocycles. The van der Waals surface area contributed by atoms with E-state index in [1.54, 1.807) is 14.0 Å². The summed E-state index contributed by atoms with van der Waals surface area (Å²) in [6.45, 7) is 5.94. The lowest BCUT2D eigenvalue weighted by Gasteiger charge is -2.21. The van der Waals surface area contributed by atoms with Gasteiger partial charge in [-0.1, -0.05) is 45.4 Å². The third-order valence-electron chi connectivity index (χ3n) is 4.51. The Labute approximate surface area is 172 Å². The Hall–Kier alpha value is -2.67. The number of rotatable bonds is 6. The molecule has 0 aliphatic heterocycles. The summed E-state index contributed by atoms with van der Waals surface area (Å²) in [5, 5.41) is 4.00. The maximum atomic E-state index is 12.7. The highest BCUT2D eigenvalue weighted by atomic mass is 79.9. The van der Waals surface area contributed by atoms with Gasteiger partial charge in [0, 0.05) is 17.1 Å². The Kier molecular flexibility index (Phi) is 6.14. The predicted octanol–water partition coefficient (Wildman–Crippen LogP) is 4.54. The summed E-state index contributed by atoms with van der Waals surface area (Å²) in [6, 6.07) is 13.4. The predicted molar refractivity (Wildman–Crippen MR) is 110 cm³/mol. The lowest BCUT2D eigenvalue weighted by Crippen LogP contribution is -2.37. The number of halogens is 1. The number of carbonyl (C=O) groups is 1. The van der Waals surface area contributed by atoms with Gasteiger partial charge < -0.3 is 14.2 Å². The second-order valence-corrected chi connectivity index (χ2v) is 7.59. The van der Waals surface area contributed by atoms with E-state index >= 15 is 0 Å². The number of ether oxygens (including phenoxy) is 1. The molecule has 1 atom stereocenters. The Bertz CT molecular complexity index is 987. The van der Waals surface area contributed by atoms with E-state index in [-0.39, 0.29) is 12.5 Å². The second-order valence-electron chi connectivity index (χ2n) is 6.67. The Balaban J connectivity index is 1.65. The molecule has 1 heterocycles. The molecule has 1 amide bonds. The van der Waals surface area contributed by atoms with Crippen molar-refractivity contribution >= 4 is 21.8 Å². The lowest BCUT2D eigenvalue weighted by atomic mass is 10.1. The molecule has 0 saturated carbocycles. The molecule has 28 heavy (non-hydrogen) atoms. The van der Waals surface area contributed by atoms with E-state index < -0.39 is 6.10 Å². The molecular formula is C21H22BrN3O3. The quantitative estimate of drug-likeness (QED) is 0.559. The van der Waals surface area contributed by atoms with Gasteiger partial charge in [-0.05, 0) is 50.1 Å². The molecular weight excluding hydrogens is 422 g/mol. The summed E-state index contributed by atoms with van der Waals surface area (Å²) in [6.07, 6.45) is -0.627. The van der Waals surface area contributed by atoms with Crippen LogP contribution < -0.4 is 4.74 Å². The molecule has 7 heteroatoms. The van der Waals surface area contributed by atoms with Gasteiger partial charge in [-0.15, -0.1) is 0 Å². The molecule has 0 spiro atoms. The molecule has 0 fully saturated rings. The van der Waals surface area contributed by atoms with Gasteiger partial charge in [0.1, 0.15) is 5.75 Å². The summed E-state index contributed by atoms with van der Waals surface area (Å²) in [7, 11) is 1.69. The van der Waals surface area contributed by atoms with Crippen LogP contribution in [0.3, 0.4) is 0 Å². The van der Waals surface area contributed by atoms with Gasteiger partial charge in [-0.3, -0.25) is 4.79 Å². The molecule has 6 nitrogen and oxygen atoms in total. The molecule has 0 unspecified atom stereocenters. The fourth-order valence-corrected chi connectivity index (χ4v) is 3.15. The zero-order chi connectivity index (χ0) is 20.3. The Morgan fingerprint density at radius 2 is 2.00 bits per heavy atom. The Morgan fingerprint density at radius 3 is 2.75 bits per heavy atom. The molecule has 0 saturated heterocycles. The number of aromatic nitrogens is 2. The van der Waals surface area contributed by atoms with Gasteiger partial charge in [0.05, 0.1) is 6.54 Å². The molecule has 0 radical (unpaired) electrons. The summed E-state index contributed by atoms with van der Waals surface area (Å²) >= 11 is 3.43. The van der Waals surface area contributed by atoms with Crippen LogP contribution in [-0.4, -0.2) is 34.1 Å². The van der Waals surface area contributed by atoms with Gasteiger partial charge in [-0.25, -0.2) is 0 Å². The maximum Gasteiger partial charge on any atom is 0.263 e. The van der Waals surface area contributed by atoms with Gasteiger partial charge in [0.25, 0.3) is 5.91 Å². The minimum atomic E-state index is -0.627. The summed E-state index contributed by atoms with van der Waals surface area (Å²) in [4.78, 5) is 18.6. The van der Waals surface area contributed by atoms with Gasteiger partial charge >= 0.3 is 0 Å². The van der Waals surface area contributed by atoms with E-state index in [1.807, 2.05) is 56.3 Å². The minimum absolute atomic E-state index is 0.164. The number of aryl methyl sites for hydroxylation is 1. The highest BCUT2D eigenvalue weighted by Gasteiger charge is 2.22. The topological polar surface area (TPSA) is 68.5 Å². The molecule has 0 N–H and O–H groups in total. The van der Waals surface area contributed by atoms with E-state index in [2.05, 4.69) is 26.1 Å². The summed E-state index contributed by atoms with van der Waals surface area (Å²) < 4.78 is 12.1. The number of nitrogens with zero attached hydrogens (tertiary/aromatic N) is 3. The van der Waals surface area contributed by atoms with Crippen LogP contribution in [0.1, 0.15) is 23.9 Å². The van der Waals surface area contributed by atoms with Crippen molar-refractivity contribution in [2.75, 3.05) is 7.05 Å².